The molecule has 2 rings (SSSR count). The molecule has 1 heterocycles. The smallest absolute Gasteiger partial charge is 0.261 e. The topological polar surface area (TPSA) is 37.4 Å². The van der Waals surface area contributed by atoms with Crippen molar-refractivity contribution >= 4 is 11.8 Å². The molecule has 1 aliphatic heterocycles. The molecule has 72 valence electrons. The summed E-state index contributed by atoms with van der Waals surface area (Å²) in [6.45, 7) is 3.28. The zero-order chi connectivity index (χ0) is 10.3. The van der Waals surface area contributed by atoms with Gasteiger partial charge in [-0.1, -0.05) is 18.2 Å². The Kier molecular flexibility index (Phi) is 1.88. The number of carbonyl (C=O) groups excluding carboxylic acids is 2. The van der Waals surface area contributed by atoms with Gasteiger partial charge in [-0.25, -0.2) is 0 Å². The lowest BCUT2D eigenvalue weighted by molar-refractivity contribution is -0.127. The minimum atomic E-state index is -0.196. The van der Waals surface area contributed by atoms with Crippen LogP contribution in [-0.2, 0) is 4.79 Å². The molecule has 1 unspecified atom stereocenters. The van der Waals surface area contributed by atoms with E-state index in [2.05, 4.69) is 0 Å². The van der Waals surface area contributed by atoms with Gasteiger partial charge < -0.3 is 0 Å². The molecule has 3 heteroatoms. The molecule has 0 saturated carbocycles. The summed E-state index contributed by atoms with van der Waals surface area (Å²) in [4.78, 5) is 24.3. The summed E-state index contributed by atoms with van der Waals surface area (Å²) in [6.07, 6.45) is 0. The molecule has 14 heavy (non-hydrogen) atoms. The maximum Gasteiger partial charge on any atom is 0.261 e. The summed E-state index contributed by atoms with van der Waals surface area (Å²) >= 11 is 0. The Hall–Kier alpha value is -1.64. The molecule has 3 nitrogen and oxygen atoms in total. The monoisotopic (exact) mass is 189 g/mol. The van der Waals surface area contributed by atoms with Crippen molar-refractivity contribution in [3.8, 4) is 0 Å². The van der Waals surface area contributed by atoms with Crippen molar-refractivity contribution < 1.29 is 9.59 Å². The minimum absolute atomic E-state index is 0.129. The Morgan fingerprint density at radius 3 is 2.57 bits per heavy atom. The quantitative estimate of drug-likeness (QED) is 0.623. The molecule has 0 fully saturated rings. The first-order chi connectivity index (χ1) is 6.63. The first kappa shape index (κ1) is 8.94. The second kappa shape index (κ2) is 2.94. The molecule has 0 radical (unpaired) electrons. The van der Waals surface area contributed by atoms with E-state index in [0.717, 1.165) is 5.56 Å². The third kappa shape index (κ3) is 1.05. The van der Waals surface area contributed by atoms with Crippen LogP contribution in [0, 0.1) is 0 Å². The van der Waals surface area contributed by atoms with Gasteiger partial charge >= 0.3 is 0 Å². The molecule has 1 aromatic rings. The van der Waals surface area contributed by atoms with Crippen molar-refractivity contribution in [2.45, 2.75) is 19.9 Å². The molecule has 0 aliphatic carbocycles. The summed E-state index contributed by atoms with van der Waals surface area (Å²) < 4.78 is 0. The zero-order valence-electron chi connectivity index (χ0n) is 8.15. The fourth-order valence-corrected chi connectivity index (χ4v) is 1.92. The third-order valence-electron chi connectivity index (χ3n) is 2.59. The fourth-order valence-electron chi connectivity index (χ4n) is 1.92. The van der Waals surface area contributed by atoms with Crippen LogP contribution in [0.5, 0.6) is 0 Å². The Morgan fingerprint density at radius 2 is 2.00 bits per heavy atom. The number of rotatable bonds is 0. The highest BCUT2D eigenvalue weighted by atomic mass is 16.2. The lowest BCUT2D eigenvalue weighted by atomic mass is 10.1. The lowest BCUT2D eigenvalue weighted by Gasteiger charge is -2.17. The molecular formula is C11H11NO2. The van der Waals surface area contributed by atoms with E-state index in [-0.39, 0.29) is 17.9 Å². The second-order valence-electron chi connectivity index (χ2n) is 3.46. The maximum atomic E-state index is 11.8. The normalized spacial score (nSPS) is 19.7. The molecule has 2 amide bonds. The first-order valence-electron chi connectivity index (χ1n) is 4.56. The third-order valence-corrected chi connectivity index (χ3v) is 2.59. The molecule has 1 aliphatic rings. The Bertz CT molecular complexity index is 412. The standard InChI is InChI=1S/C11H11NO2/c1-7-9-5-3-4-6-10(9)11(14)12(7)8(2)13/h3-7H,1-2H3. The van der Waals surface area contributed by atoms with Crippen LogP contribution in [0.2, 0.25) is 0 Å². The largest absolute Gasteiger partial charge is 0.275 e. The number of amides is 2. The second-order valence-corrected chi connectivity index (χ2v) is 3.46. The van der Waals surface area contributed by atoms with Crippen LogP contribution in [0.15, 0.2) is 24.3 Å². The molecule has 0 bridgehead atoms. The van der Waals surface area contributed by atoms with E-state index < -0.39 is 0 Å². The summed E-state index contributed by atoms with van der Waals surface area (Å²) in [7, 11) is 0. The summed E-state index contributed by atoms with van der Waals surface area (Å²) in [5.41, 5.74) is 1.59. The van der Waals surface area contributed by atoms with Crippen molar-refractivity contribution in [1.29, 1.82) is 0 Å². The van der Waals surface area contributed by atoms with Gasteiger partial charge in [0.05, 0.1) is 6.04 Å². The van der Waals surface area contributed by atoms with E-state index in [0.29, 0.717) is 5.56 Å². The molecule has 0 N–H and O–H groups in total. The highest BCUT2D eigenvalue weighted by molar-refractivity contribution is 6.08. The average Bonchev–Trinajstić information content (AvgIpc) is 2.41. The van der Waals surface area contributed by atoms with Crippen molar-refractivity contribution in [2.75, 3.05) is 0 Å². The van der Waals surface area contributed by atoms with Crippen LogP contribution in [0.1, 0.15) is 35.8 Å². The predicted molar refractivity (Wildman–Crippen MR) is 51.7 cm³/mol. The number of nitrogens with zero attached hydrogens (tertiary/aromatic N) is 1. The van der Waals surface area contributed by atoms with Gasteiger partial charge in [0.2, 0.25) is 5.91 Å². The summed E-state index contributed by atoms with van der Waals surface area (Å²) in [5, 5.41) is 0. The lowest BCUT2D eigenvalue weighted by Crippen LogP contribution is -2.31. The number of imide groups is 1. The van der Waals surface area contributed by atoms with E-state index in [1.54, 1.807) is 6.07 Å². The fraction of sp³-hybridized carbons (Fsp3) is 0.273. The van der Waals surface area contributed by atoms with Gasteiger partial charge in [0.15, 0.2) is 0 Å². The van der Waals surface area contributed by atoms with Gasteiger partial charge in [-0.3, -0.25) is 14.5 Å². The van der Waals surface area contributed by atoms with Crippen molar-refractivity contribution in [2.24, 2.45) is 0 Å². The molecule has 1 aromatic carbocycles. The number of carbonyl (C=O) groups is 2. The van der Waals surface area contributed by atoms with E-state index in [1.165, 1.54) is 11.8 Å². The minimum Gasteiger partial charge on any atom is -0.275 e. The van der Waals surface area contributed by atoms with Gasteiger partial charge in [0, 0.05) is 12.5 Å². The van der Waals surface area contributed by atoms with E-state index in [4.69, 9.17) is 0 Å². The summed E-state index contributed by atoms with van der Waals surface area (Å²) in [5.74, 6) is -0.376. The van der Waals surface area contributed by atoms with Gasteiger partial charge in [-0.15, -0.1) is 0 Å². The van der Waals surface area contributed by atoms with Crippen molar-refractivity contribution in [1.82, 2.24) is 4.90 Å². The molecule has 1 atom stereocenters. The molecule has 0 spiro atoms. The maximum absolute atomic E-state index is 11.8. The van der Waals surface area contributed by atoms with Crippen molar-refractivity contribution in [3.05, 3.63) is 35.4 Å². The molecule has 0 saturated heterocycles. The van der Waals surface area contributed by atoms with Gasteiger partial charge in [0.1, 0.15) is 0 Å². The van der Waals surface area contributed by atoms with Crippen LogP contribution >= 0.6 is 0 Å². The van der Waals surface area contributed by atoms with Crippen LogP contribution in [0.25, 0.3) is 0 Å². The number of fused-ring (bicyclic) bond motifs is 1. The number of benzene rings is 1. The van der Waals surface area contributed by atoms with Crippen molar-refractivity contribution in [3.63, 3.8) is 0 Å². The van der Waals surface area contributed by atoms with Gasteiger partial charge in [-0.05, 0) is 18.6 Å². The molecular weight excluding hydrogens is 178 g/mol. The van der Waals surface area contributed by atoms with E-state index in [9.17, 15) is 9.59 Å². The SMILES string of the molecule is CC(=O)N1C(=O)c2ccccc2C1C. The van der Waals surface area contributed by atoms with Crippen LogP contribution in [0.3, 0.4) is 0 Å². The van der Waals surface area contributed by atoms with Crippen LogP contribution in [-0.4, -0.2) is 16.7 Å². The van der Waals surface area contributed by atoms with E-state index in [1.807, 2.05) is 25.1 Å². The number of hydrogen-bond acceptors (Lipinski definition) is 2. The Morgan fingerprint density at radius 1 is 1.36 bits per heavy atom. The highest BCUT2D eigenvalue weighted by Crippen LogP contribution is 2.32. The van der Waals surface area contributed by atoms with Gasteiger partial charge in [-0.2, -0.15) is 0 Å². The van der Waals surface area contributed by atoms with Crippen LogP contribution in [0.4, 0.5) is 0 Å². The van der Waals surface area contributed by atoms with E-state index >= 15 is 0 Å². The first-order valence-corrected chi connectivity index (χ1v) is 4.56. The number of hydrogen-bond donors (Lipinski definition) is 0. The average molecular weight is 189 g/mol. The summed E-state index contributed by atoms with van der Waals surface area (Å²) in [6, 6.07) is 7.22. The van der Waals surface area contributed by atoms with Crippen LogP contribution < -0.4 is 0 Å². The zero-order valence-corrected chi connectivity index (χ0v) is 8.15. The molecule has 0 aromatic heterocycles. The Labute approximate surface area is 82.3 Å². The van der Waals surface area contributed by atoms with Gasteiger partial charge in [0.25, 0.3) is 5.91 Å². The Balaban J connectivity index is 2.53. The highest BCUT2D eigenvalue weighted by Gasteiger charge is 2.35. The predicted octanol–water partition coefficient (Wildman–Crippen LogP) is 1.75.